The molecule has 4 nitrogen and oxygen atoms in total. The molecule has 0 radical (unpaired) electrons. The number of carbonyl (C=O) groups excluding carboxylic acids is 1. The van der Waals surface area contributed by atoms with Crippen molar-refractivity contribution in [2.24, 2.45) is 5.10 Å². The molecule has 0 spiro atoms. The van der Waals surface area contributed by atoms with Crippen LogP contribution in [0.4, 0.5) is 11.4 Å². The van der Waals surface area contributed by atoms with Crippen LogP contribution in [0.1, 0.15) is 15.9 Å². The number of anilines is 2. The maximum Gasteiger partial charge on any atom is 0.272 e. The number of carbonyl (C=O) groups is 1. The fourth-order valence-corrected chi connectivity index (χ4v) is 2.43. The van der Waals surface area contributed by atoms with E-state index in [2.05, 4.69) is 15.8 Å². The zero-order chi connectivity index (χ0) is 17.5. The van der Waals surface area contributed by atoms with E-state index in [1.807, 2.05) is 54.6 Å². The van der Waals surface area contributed by atoms with Gasteiger partial charge >= 0.3 is 0 Å². The zero-order valence-corrected chi connectivity index (χ0v) is 14.1. The summed E-state index contributed by atoms with van der Waals surface area (Å²) in [6, 6.07) is 24.5. The van der Waals surface area contributed by atoms with Gasteiger partial charge in [0.1, 0.15) is 0 Å². The van der Waals surface area contributed by atoms with E-state index in [1.54, 1.807) is 30.5 Å². The second-order valence-corrected chi connectivity index (χ2v) is 5.70. The van der Waals surface area contributed by atoms with Gasteiger partial charge < -0.3 is 5.32 Å². The van der Waals surface area contributed by atoms with Crippen LogP contribution in [0.25, 0.3) is 0 Å². The van der Waals surface area contributed by atoms with E-state index in [1.165, 1.54) is 0 Å². The Morgan fingerprint density at radius 1 is 0.840 bits per heavy atom. The van der Waals surface area contributed by atoms with Gasteiger partial charge in [0.2, 0.25) is 0 Å². The highest BCUT2D eigenvalue weighted by molar-refractivity contribution is 6.33. The third-order valence-electron chi connectivity index (χ3n) is 3.47. The molecule has 0 fully saturated rings. The van der Waals surface area contributed by atoms with E-state index < -0.39 is 0 Å². The van der Waals surface area contributed by atoms with Crippen LogP contribution in [-0.4, -0.2) is 12.1 Å². The van der Waals surface area contributed by atoms with Crippen LogP contribution in [0.2, 0.25) is 5.02 Å². The minimum absolute atomic E-state index is 0.343. The molecule has 3 aromatic rings. The molecule has 0 unspecified atom stereocenters. The Labute approximate surface area is 151 Å². The highest BCUT2D eigenvalue weighted by Gasteiger charge is 2.07. The Morgan fingerprint density at radius 3 is 2.20 bits per heavy atom. The highest BCUT2D eigenvalue weighted by atomic mass is 35.5. The van der Waals surface area contributed by atoms with Gasteiger partial charge in [-0.05, 0) is 42.0 Å². The average molecular weight is 350 g/mol. The van der Waals surface area contributed by atoms with Gasteiger partial charge in [-0.15, -0.1) is 0 Å². The van der Waals surface area contributed by atoms with Crippen molar-refractivity contribution in [3.63, 3.8) is 0 Å². The lowest BCUT2D eigenvalue weighted by Gasteiger charge is -2.06. The molecule has 3 rings (SSSR count). The molecule has 0 saturated heterocycles. The molecule has 0 heterocycles. The molecular weight excluding hydrogens is 334 g/mol. The van der Waals surface area contributed by atoms with E-state index in [4.69, 9.17) is 11.6 Å². The van der Waals surface area contributed by atoms with Crippen molar-refractivity contribution in [2.45, 2.75) is 0 Å². The van der Waals surface area contributed by atoms with E-state index in [9.17, 15) is 4.79 Å². The molecule has 25 heavy (non-hydrogen) atoms. The van der Waals surface area contributed by atoms with Crippen LogP contribution in [0, 0.1) is 0 Å². The Morgan fingerprint density at radius 2 is 1.48 bits per heavy atom. The Kier molecular flexibility index (Phi) is 5.44. The number of rotatable bonds is 5. The molecule has 0 saturated carbocycles. The molecule has 0 aliphatic rings. The summed E-state index contributed by atoms with van der Waals surface area (Å²) in [6.07, 6.45) is 1.58. The van der Waals surface area contributed by atoms with Crippen LogP contribution in [0.15, 0.2) is 84.0 Å². The van der Waals surface area contributed by atoms with Crippen molar-refractivity contribution in [1.29, 1.82) is 0 Å². The fraction of sp³-hybridized carbons (Fsp3) is 0. The average Bonchev–Trinajstić information content (AvgIpc) is 2.64. The number of para-hydroxylation sites is 1. The first-order chi connectivity index (χ1) is 12.2. The maximum absolute atomic E-state index is 12.0. The van der Waals surface area contributed by atoms with Crippen molar-refractivity contribution in [1.82, 2.24) is 5.43 Å². The first kappa shape index (κ1) is 16.7. The van der Waals surface area contributed by atoms with Crippen molar-refractivity contribution >= 4 is 35.1 Å². The topological polar surface area (TPSA) is 53.5 Å². The minimum Gasteiger partial charge on any atom is -0.356 e. The summed E-state index contributed by atoms with van der Waals surface area (Å²) in [7, 11) is 0. The zero-order valence-electron chi connectivity index (χ0n) is 13.3. The number of amides is 1. The van der Waals surface area contributed by atoms with Gasteiger partial charge in [0.15, 0.2) is 0 Å². The maximum atomic E-state index is 12.0. The highest BCUT2D eigenvalue weighted by Crippen LogP contribution is 2.16. The molecule has 0 aliphatic carbocycles. The van der Waals surface area contributed by atoms with Crippen LogP contribution >= 0.6 is 11.6 Å². The second-order valence-electron chi connectivity index (χ2n) is 5.29. The van der Waals surface area contributed by atoms with E-state index in [0.717, 1.165) is 16.9 Å². The summed E-state index contributed by atoms with van der Waals surface area (Å²) in [6.45, 7) is 0. The fourth-order valence-electron chi connectivity index (χ4n) is 2.21. The summed E-state index contributed by atoms with van der Waals surface area (Å²) in [4.78, 5) is 12.0. The standard InChI is InChI=1S/C20H16ClN3O/c21-19-9-5-4-8-18(19)20(25)24-22-14-15-10-12-17(13-11-15)23-16-6-2-1-3-7-16/h1-14,23H,(H,24,25)/b22-14-. The molecule has 0 atom stereocenters. The summed E-state index contributed by atoms with van der Waals surface area (Å²) in [5.74, 6) is -0.343. The molecular formula is C20H16ClN3O. The molecule has 5 heteroatoms. The second kappa shape index (κ2) is 8.13. The number of hydrazone groups is 1. The normalized spacial score (nSPS) is 10.6. The molecule has 1 amide bonds. The van der Waals surface area contributed by atoms with Crippen molar-refractivity contribution in [3.8, 4) is 0 Å². The number of nitrogens with one attached hydrogen (secondary N) is 2. The van der Waals surface area contributed by atoms with Gasteiger partial charge in [-0.1, -0.05) is 54.1 Å². The molecule has 2 N–H and O–H groups in total. The van der Waals surface area contributed by atoms with Crippen molar-refractivity contribution in [3.05, 3.63) is 95.0 Å². The quantitative estimate of drug-likeness (QED) is 0.511. The van der Waals surface area contributed by atoms with Gasteiger partial charge in [0.05, 0.1) is 16.8 Å². The number of nitrogens with zero attached hydrogens (tertiary/aromatic N) is 1. The summed E-state index contributed by atoms with van der Waals surface area (Å²) < 4.78 is 0. The predicted molar refractivity (Wildman–Crippen MR) is 103 cm³/mol. The number of halogens is 1. The molecule has 0 aliphatic heterocycles. The first-order valence-electron chi connectivity index (χ1n) is 7.72. The van der Waals surface area contributed by atoms with Crippen LogP contribution in [-0.2, 0) is 0 Å². The Hall–Kier alpha value is -3.11. The van der Waals surface area contributed by atoms with Gasteiger partial charge in [-0.2, -0.15) is 5.10 Å². The van der Waals surface area contributed by atoms with Crippen LogP contribution in [0.5, 0.6) is 0 Å². The van der Waals surface area contributed by atoms with Crippen molar-refractivity contribution < 1.29 is 4.79 Å². The van der Waals surface area contributed by atoms with Gasteiger partial charge in [-0.25, -0.2) is 5.43 Å². The van der Waals surface area contributed by atoms with E-state index in [-0.39, 0.29) is 5.91 Å². The molecule has 0 aromatic heterocycles. The minimum atomic E-state index is -0.343. The van der Waals surface area contributed by atoms with Crippen LogP contribution in [0.3, 0.4) is 0 Å². The van der Waals surface area contributed by atoms with Gasteiger partial charge in [0, 0.05) is 11.4 Å². The summed E-state index contributed by atoms with van der Waals surface area (Å²) in [5, 5.41) is 7.67. The lowest BCUT2D eigenvalue weighted by Crippen LogP contribution is -2.17. The predicted octanol–water partition coefficient (Wildman–Crippen LogP) is 4.85. The summed E-state index contributed by atoms with van der Waals surface area (Å²) in [5.41, 5.74) is 5.74. The van der Waals surface area contributed by atoms with Gasteiger partial charge in [0.25, 0.3) is 5.91 Å². The number of hydrogen-bond donors (Lipinski definition) is 2. The molecule has 3 aromatic carbocycles. The van der Waals surface area contributed by atoms with Crippen molar-refractivity contribution in [2.75, 3.05) is 5.32 Å². The lowest BCUT2D eigenvalue weighted by molar-refractivity contribution is 0.0955. The number of hydrogen-bond acceptors (Lipinski definition) is 3. The summed E-state index contributed by atoms with van der Waals surface area (Å²) >= 11 is 5.98. The largest absolute Gasteiger partial charge is 0.356 e. The monoisotopic (exact) mass is 349 g/mol. The molecule has 0 bridgehead atoms. The third-order valence-corrected chi connectivity index (χ3v) is 3.80. The lowest BCUT2D eigenvalue weighted by atomic mass is 10.2. The SMILES string of the molecule is O=C(N/N=C\c1ccc(Nc2ccccc2)cc1)c1ccccc1Cl. The smallest absolute Gasteiger partial charge is 0.272 e. The first-order valence-corrected chi connectivity index (χ1v) is 8.10. The van der Waals surface area contributed by atoms with E-state index in [0.29, 0.717) is 10.6 Å². The van der Waals surface area contributed by atoms with Crippen LogP contribution < -0.4 is 10.7 Å². The Balaban J connectivity index is 1.59. The van der Waals surface area contributed by atoms with Gasteiger partial charge in [-0.3, -0.25) is 4.79 Å². The van der Waals surface area contributed by atoms with E-state index >= 15 is 0 Å². The molecule has 124 valence electrons. The number of benzene rings is 3. The Bertz CT molecular complexity index is 877. The third kappa shape index (κ3) is 4.68.